The quantitative estimate of drug-likeness (QED) is 0.755. The molecule has 0 N–H and O–H groups in total. The Morgan fingerprint density at radius 3 is 2.69 bits per heavy atom. The first-order valence-corrected chi connectivity index (χ1v) is 5.39. The summed E-state index contributed by atoms with van der Waals surface area (Å²) in [7, 11) is 1.79. The zero-order valence-electron chi connectivity index (χ0n) is 9.36. The summed E-state index contributed by atoms with van der Waals surface area (Å²) in [5, 5.41) is 1.17. The molecule has 0 saturated heterocycles. The van der Waals surface area contributed by atoms with Gasteiger partial charge in [-0.25, -0.2) is 9.97 Å². The lowest BCUT2D eigenvalue weighted by atomic mass is 10.1. The Morgan fingerprint density at radius 1 is 1.44 bits per heavy atom. The molecule has 84 valence electrons. The van der Waals surface area contributed by atoms with Crippen LogP contribution < -0.4 is 0 Å². The van der Waals surface area contributed by atoms with Crippen LogP contribution in [0.2, 0.25) is 5.15 Å². The minimum Gasteiger partial charge on any atom is -0.319 e. The predicted molar refractivity (Wildman–Crippen MR) is 63.0 cm³/mol. The fourth-order valence-corrected chi connectivity index (χ4v) is 2.04. The summed E-state index contributed by atoms with van der Waals surface area (Å²) in [5.41, 5.74) is 2.03. The van der Waals surface area contributed by atoms with E-state index in [4.69, 9.17) is 11.6 Å². The van der Waals surface area contributed by atoms with E-state index in [2.05, 4.69) is 9.97 Å². The molecule has 16 heavy (non-hydrogen) atoms. The van der Waals surface area contributed by atoms with Gasteiger partial charge < -0.3 is 4.57 Å². The van der Waals surface area contributed by atoms with Crippen molar-refractivity contribution >= 4 is 28.9 Å². The van der Waals surface area contributed by atoms with Crippen molar-refractivity contribution in [1.82, 2.24) is 14.5 Å². The van der Waals surface area contributed by atoms with E-state index in [9.17, 15) is 4.79 Å². The molecule has 0 aromatic carbocycles. The number of carbonyl (C=O) groups is 1. The van der Waals surface area contributed by atoms with Crippen molar-refractivity contribution in [1.29, 1.82) is 0 Å². The van der Waals surface area contributed by atoms with Crippen LogP contribution in [0.1, 0.15) is 35.8 Å². The van der Waals surface area contributed by atoms with Crippen LogP contribution in [-0.2, 0) is 7.05 Å². The number of aromatic nitrogens is 3. The standard InChI is InChI=1S/C11H12ClN3O/c1-6(2)9-8-7(4-16)10(12)15(3)11(8)14-5-13-9/h4-6H,1-3H3. The van der Waals surface area contributed by atoms with Crippen LogP contribution in [-0.4, -0.2) is 20.8 Å². The number of carbonyl (C=O) groups excluding carboxylic acids is 1. The molecular formula is C11H12ClN3O. The van der Waals surface area contributed by atoms with Crippen molar-refractivity contribution in [2.24, 2.45) is 7.05 Å². The average molecular weight is 238 g/mol. The molecular weight excluding hydrogens is 226 g/mol. The largest absolute Gasteiger partial charge is 0.319 e. The molecule has 0 fully saturated rings. The van der Waals surface area contributed by atoms with Gasteiger partial charge in [-0.3, -0.25) is 4.79 Å². The van der Waals surface area contributed by atoms with Crippen molar-refractivity contribution in [3.63, 3.8) is 0 Å². The van der Waals surface area contributed by atoms with Crippen LogP contribution in [0.15, 0.2) is 6.33 Å². The van der Waals surface area contributed by atoms with E-state index in [0.717, 1.165) is 17.4 Å². The molecule has 0 saturated carbocycles. The highest BCUT2D eigenvalue weighted by atomic mass is 35.5. The lowest BCUT2D eigenvalue weighted by Crippen LogP contribution is -1.97. The van der Waals surface area contributed by atoms with Gasteiger partial charge in [0, 0.05) is 7.05 Å². The van der Waals surface area contributed by atoms with E-state index in [1.54, 1.807) is 11.6 Å². The van der Waals surface area contributed by atoms with Crippen molar-refractivity contribution < 1.29 is 4.79 Å². The molecule has 0 atom stereocenters. The Bertz CT molecular complexity index is 560. The van der Waals surface area contributed by atoms with Crippen molar-refractivity contribution in [3.8, 4) is 0 Å². The molecule has 0 bridgehead atoms. The summed E-state index contributed by atoms with van der Waals surface area (Å²) in [5.74, 6) is 0.225. The average Bonchev–Trinajstić information content (AvgIpc) is 2.51. The molecule has 0 radical (unpaired) electrons. The van der Waals surface area contributed by atoms with Crippen LogP contribution >= 0.6 is 11.6 Å². The Labute approximate surface area is 98.3 Å². The van der Waals surface area contributed by atoms with E-state index in [1.165, 1.54) is 6.33 Å². The molecule has 5 heteroatoms. The summed E-state index contributed by atoms with van der Waals surface area (Å²) in [4.78, 5) is 19.5. The first kappa shape index (κ1) is 11.1. The smallest absolute Gasteiger partial charge is 0.153 e. The van der Waals surface area contributed by atoms with Gasteiger partial charge in [0.15, 0.2) is 6.29 Å². The number of aldehydes is 1. The minimum atomic E-state index is 0.225. The Kier molecular flexibility index (Phi) is 2.68. The molecule has 0 spiro atoms. The lowest BCUT2D eigenvalue weighted by molar-refractivity contribution is 0.112. The third-order valence-electron chi connectivity index (χ3n) is 2.63. The molecule has 0 amide bonds. The van der Waals surface area contributed by atoms with E-state index >= 15 is 0 Å². The molecule has 0 aliphatic rings. The van der Waals surface area contributed by atoms with E-state index in [0.29, 0.717) is 16.4 Å². The molecule has 0 aliphatic carbocycles. The number of hydrogen-bond acceptors (Lipinski definition) is 3. The summed E-state index contributed by atoms with van der Waals surface area (Å²) in [6, 6.07) is 0. The first-order valence-electron chi connectivity index (χ1n) is 5.01. The second kappa shape index (κ2) is 3.87. The number of aryl methyl sites for hydroxylation is 1. The molecule has 2 aromatic rings. The second-order valence-corrected chi connectivity index (χ2v) is 4.35. The van der Waals surface area contributed by atoms with Crippen LogP contribution in [0.25, 0.3) is 11.0 Å². The maximum atomic E-state index is 11.1. The number of fused-ring (bicyclic) bond motifs is 1. The Balaban J connectivity index is 2.96. The SMILES string of the molecule is CC(C)c1ncnc2c1c(C=O)c(Cl)n2C. The maximum absolute atomic E-state index is 11.1. The van der Waals surface area contributed by atoms with Gasteiger partial charge in [0.1, 0.15) is 17.1 Å². The Morgan fingerprint density at radius 2 is 2.12 bits per heavy atom. The van der Waals surface area contributed by atoms with Gasteiger partial charge in [0.2, 0.25) is 0 Å². The van der Waals surface area contributed by atoms with Crippen LogP contribution in [0, 0.1) is 0 Å². The summed E-state index contributed by atoms with van der Waals surface area (Å²) in [6.07, 6.45) is 2.27. The fraction of sp³-hybridized carbons (Fsp3) is 0.364. The third kappa shape index (κ3) is 1.41. The van der Waals surface area contributed by atoms with E-state index in [-0.39, 0.29) is 5.92 Å². The molecule has 2 rings (SSSR count). The molecule has 4 nitrogen and oxygen atoms in total. The van der Waals surface area contributed by atoms with Gasteiger partial charge in [0.05, 0.1) is 16.6 Å². The fourth-order valence-electron chi connectivity index (χ4n) is 1.82. The maximum Gasteiger partial charge on any atom is 0.153 e. The van der Waals surface area contributed by atoms with Crippen molar-refractivity contribution in [3.05, 3.63) is 22.7 Å². The van der Waals surface area contributed by atoms with Crippen LogP contribution in [0.5, 0.6) is 0 Å². The second-order valence-electron chi connectivity index (χ2n) is 3.99. The van der Waals surface area contributed by atoms with Crippen molar-refractivity contribution in [2.75, 3.05) is 0 Å². The normalized spacial score (nSPS) is 11.3. The summed E-state index contributed by atoms with van der Waals surface area (Å²) in [6.45, 7) is 4.05. The summed E-state index contributed by atoms with van der Waals surface area (Å²) >= 11 is 6.08. The minimum absolute atomic E-state index is 0.225. The van der Waals surface area contributed by atoms with E-state index in [1.807, 2.05) is 13.8 Å². The van der Waals surface area contributed by atoms with Gasteiger partial charge in [-0.2, -0.15) is 0 Å². The molecule has 0 unspecified atom stereocenters. The Hall–Kier alpha value is -1.42. The van der Waals surface area contributed by atoms with Crippen LogP contribution in [0.4, 0.5) is 0 Å². The monoisotopic (exact) mass is 237 g/mol. The summed E-state index contributed by atoms with van der Waals surface area (Å²) < 4.78 is 1.70. The van der Waals surface area contributed by atoms with E-state index < -0.39 is 0 Å². The number of nitrogens with zero attached hydrogens (tertiary/aromatic N) is 3. The number of hydrogen-bond donors (Lipinski definition) is 0. The molecule has 2 aromatic heterocycles. The highest BCUT2D eigenvalue weighted by Gasteiger charge is 2.19. The number of halogens is 1. The van der Waals surface area contributed by atoms with Crippen LogP contribution in [0.3, 0.4) is 0 Å². The highest BCUT2D eigenvalue weighted by molar-refractivity contribution is 6.34. The topological polar surface area (TPSA) is 47.8 Å². The third-order valence-corrected chi connectivity index (χ3v) is 3.08. The van der Waals surface area contributed by atoms with Gasteiger partial charge in [-0.05, 0) is 5.92 Å². The molecule has 2 heterocycles. The van der Waals surface area contributed by atoms with Gasteiger partial charge in [0.25, 0.3) is 0 Å². The lowest BCUT2D eigenvalue weighted by Gasteiger charge is -2.05. The van der Waals surface area contributed by atoms with Crippen molar-refractivity contribution in [2.45, 2.75) is 19.8 Å². The zero-order valence-corrected chi connectivity index (χ0v) is 10.1. The highest BCUT2D eigenvalue weighted by Crippen LogP contribution is 2.30. The van der Waals surface area contributed by atoms with Gasteiger partial charge in [-0.1, -0.05) is 25.4 Å². The zero-order chi connectivity index (χ0) is 11.9. The van der Waals surface area contributed by atoms with Gasteiger partial charge >= 0.3 is 0 Å². The predicted octanol–water partition coefficient (Wildman–Crippen LogP) is 2.56. The molecule has 0 aliphatic heterocycles. The first-order chi connectivity index (χ1) is 7.57. The van der Waals surface area contributed by atoms with Gasteiger partial charge in [-0.15, -0.1) is 0 Å². The number of rotatable bonds is 2.